The Morgan fingerprint density at radius 3 is 2.50 bits per heavy atom. The zero-order chi connectivity index (χ0) is 20.7. The van der Waals surface area contributed by atoms with Crippen molar-refractivity contribution in [3.8, 4) is 5.82 Å². The van der Waals surface area contributed by atoms with Gasteiger partial charge >= 0.3 is 6.18 Å². The van der Waals surface area contributed by atoms with E-state index < -0.39 is 37.6 Å². The van der Waals surface area contributed by atoms with Gasteiger partial charge in [0, 0.05) is 11.9 Å². The van der Waals surface area contributed by atoms with Crippen molar-refractivity contribution in [3.63, 3.8) is 0 Å². The molecular weight excluding hydrogens is 424 g/mol. The van der Waals surface area contributed by atoms with Gasteiger partial charge in [0.05, 0.1) is 16.8 Å². The lowest BCUT2D eigenvalue weighted by Gasteiger charge is -2.13. The number of halogens is 5. The molecule has 1 N–H and O–H groups in total. The number of aryl methyl sites for hydroxylation is 1. The second-order valence-corrected chi connectivity index (χ2v) is 7.73. The van der Waals surface area contributed by atoms with Crippen molar-refractivity contribution in [2.45, 2.75) is 18.1 Å². The topological polar surface area (TPSA) is 76.9 Å². The molecule has 0 aliphatic carbocycles. The summed E-state index contributed by atoms with van der Waals surface area (Å²) in [4.78, 5) is 7.34. The Morgan fingerprint density at radius 2 is 1.89 bits per heavy atom. The van der Waals surface area contributed by atoms with Crippen LogP contribution in [0.5, 0.6) is 0 Å². The number of nitrogens with zero attached hydrogens (tertiary/aromatic N) is 3. The lowest BCUT2D eigenvalue weighted by Crippen LogP contribution is -2.17. The molecule has 0 spiro atoms. The van der Waals surface area contributed by atoms with E-state index in [1.807, 2.05) is 0 Å². The van der Waals surface area contributed by atoms with Gasteiger partial charge in [-0.3, -0.25) is 9.29 Å². The maximum atomic E-state index is 13.4. The molecule has 0 radical (unpaired) electrons. The molecule has 28 heavy (non-hydrogen) atoms. The van der Waals surface area contributed by atoms with Crippen LogP contribution < -0.4 is 4.72 Å². The Hall–Kier alpha value is -2.66. The standard InChI is InChI=1S/C16H11ClF4N4O2S/c1-9-4-11(2-3-13(9)18)24-28(26,27)14-7-22-8-25(14)15-12(17)5-10(6-23-15)16(19,20)21/h2-8,24H,1H3. The number of hydrogen-bond donors (Lipinski definition) is 1. The van der Waals surface area contributed by atoms with Gasteiger partial charge < -0.3 is 0 Å². The summed E-state index contributed by atoms with van der Waals surface area (Å²) in [6, 6.07) is 4.25. The van der Waals surface area contributed by atoms with Crippen LogP contribution in [0.25, 0.3) is 5.82 Å². The highest BCUT2D eigenvalue weighted by atomic mass is 35.5. The summed E-state index contributed by atoms with van der Waals surface area (Å²) in [5, 5.41) is -0.828. The molecule has 0 unspecified atom stereocenters. The van der Waals surface area contributed by atoms with E-state index in [4.69, 9.17) is 11.6 Å². The third-order valence-corrected chi connectivity index (χ3v) is 5.30. The molecule has 148 valence electrons. The van der Waals surface area contributed by atoms with Gasteiger partial charge in [-0.2, -0.15) is 21.6 Å². The molecule has 3 rings (SSSR count). The van der Waals surface area contributed by atoms with E-state index in [2.05, 4.69) is 14.7 Å². The summed E-state index contributed by atoms with van der Waals surface area (Å²) in [6.45, 7) is 1.46. The number of sulfonamides is 1. The summed E-state index contributed by atoms with van der Waals surface area (Å²) in [6.07, 6.45) is -2.09. The van der Waals surface area contributed by atoms with Crippen LogP contribution in [-0.2, 0) is 16.2 Å². The molecule has 3 aromatic rings. The van der Waals surface area contributed by atoms with E-state index in [9.17, 15) is 26.0 Å². The quantitative estimate of drug-likeness (QED) is 0.625. The molecule has 2 heterocycles. The zero-order valence-corrected chi connectivity index (χ0v) is 15.6. The molecule has 0 fully saturated rings. The predicted molar refractivity (Wildman–Crippen MR) is 93.3 cm³/mol. The van der Waals surface area contributed by atoms with Crippen LogP contribution in [0.2, 0.25) is 5.02 Å². The zero-order valence-electron chi connectivity index (χ0n) is 14.0. The molecule has 2 aromatic heterocycles. The molecule has 0 aliphatic rings. The maximum absolute atomic E-state index is 13.4. The van der Waals surface area contributed by atoms with Crippen LogP contribution in [-0.4, -0.2) is 23.0 Å². The molecule has 0 atom stereocenters. The van der Waals surface area contributed by atoms with Crippen molar-refractivity contribution < 1.29 is 26.0 Å². The van der Waals surface area contributed by atoms with Crippen LogP contribution in [0.1, 0.15) is 11.1 Å². The molecule has 0 aliphatic heterocycles. The first-order valence-electron chi connectivity index (χ1n) is 7.53. The van der Waals surface area contributed by atoms with Crippen LogP contribution >= 0.6 is 11.6 Å². The third-order valence-electron chi connectivity index (χ3n) is 3.67. The minimum atomic E-state index is -4.65. The van der Waals surface area contributed by atoms with Crippen molar-refractivity contribution in [3.05, 3.63) is 65.0 Å². The second kappa shape index (κ2) is 7.06. The number of aromatic nitrogens is 3. The minimum Gasteiger partial charge on any atom is -0.278 e. The van der Waals surface area contributed by atoms with Crippen molar-refractivity contribution >= 4 is 27.3 Å². The summed E-state index contributed by atoms with van der Waals surface area (Å²) < 4.78 is 80.2. The predicted octanol–water partition coefficient (Wildman–Crippen LogP) is 4.19. The highest BCUT2D eigenvalue weighted by Gasteiger charge is 2.32. The summed E-state index contributed by atoms with van der Waals surface area (Å²) in [5.41, 5.74) is -0.759. The summed E-state index contributed by atoms with van der Waals surface area (Å²) in [5.74, 6) is -0.753. The summed E-state index contributed by atoms with van der Waals surface area (Å²) in [7, 11) is -4.23. The molecule has 1 aromatic carbocycles. The van der Waals surface area contributed by atoms with Gasteiger partial charge in [-0.05, 0) is 36.8 Å². The van der Waals surface area contributed by atoms with Gasteiger partial charge in [-0.1, -0.05) is 11.6 Å². The molecular formula is C16H11ClF4N4O2S. The summed E-state index contributed by atoms with van der Waals surface area (Å²) >= 11 is 5.88. The number of anilines is 1. The van der Waals surface area contributed by atoms with Crippen LogP contribution in [0.3, 0.4) is 0 Å². The monoisotopic (exact) mass is 434 g/mol. The Morgan fingerprint density at radius 1 is 1.18 bits per heavy atom. The average molecular weight is 435 g/mol. The van der Waals surface area contributed by atoms with Crippen LogP contribution in [0.15, 0.2) is 48.0 Å². The van der Waals surface area contributed by atoms with Gasteiger partial charge in [0.2, 0.25) is 0 Å². The lowest BCUT2D eigenvalue weighted by atomic mass is 10.2. The third kappa shape index (κ3) is 3.94. The largest absolute Gasteiger partial charge is 0.417 e. The SMILES string of the molecule is Cc1cc(NS(=O)(=O)c2cncn2-c2ncc(C(F)(F)F)cc2Cl)ccc1F. The van der Waals surface area contributed by atoms with E-state index in [0.29, 0.717) is 12.3 Å². The molecule has 0 bridgehead atoms. The molecule has 0 amide bonds. The Balaban J connectivity index is 2.00. The highest BCUT2D eigenvalue weighted by molar-refractivity contribution is 7.92. The van der Waals surface area contributed by atoms with Gasteiger partial charge in [0.25, 0.3) is 10.0 Å². The first-order chi connectivity index (χ1) is 13.0. The first-order valence-corrected chi connectivity index (χ1v) is 9.39. The number of nitrogens with one attached hydrogen (secondary N) is 1. The maximum Gasteiger partial charge on any atom is 0.417 e. The van der Waals surface area contributed by atoms with Crippen LogP contribution in [0, 0.1) is 12.7 Å². The highest BCUT2D eigenvalue weighted by Crippen LogP contribution is 2.32. The molecule has 12 heteroatoms. The van der Waals surface area contributed by atoms with E-state index in [0.717, 1.165) is 23.2 Å². The fourth-order valence-corrected chi connectivity index (χ4v) is 3.71. The smallest absolute Gasteiger partial charge is 0.278 e. The Labute approximate surface area is 161 Å². The molecule has 6 nitrogen and oxygen atoms in total. The van der Waals surface area contributed by atoms with Gasteiger partial charge in [-0.25, -0.2) is 14.4 Å². The Kier molecular flexibility index (Phi) is 5.06. The van der Waals surface area contributed by atoms with Gasteiger partial charge in [-0.15, -0.1) is 0 Å². The number of rotatable bonds is 4. The van der Waals surface area contributed by atoms with E-state index in [-0.39, 0.29) is 17.1 Å². The van der Waals surface area contributed by atoms with E-state index in [1.54, 1.807) is 0 Å². The number of pyridine rings is 1. The van der Waals surface area contributed by atoms with Crippen molar-refractivity contribution in [2.75, 3.05) is 4.72 Å². The number of hydrogen-bond acceptors (Lipinski definition) is 4. The second-order valence-electron chi connectivity index (χ2n) is 5.70. The fraction of sp³-hybridized carbons (Fsp3) is 0.125. The average Bonchev–Trinajstić information content (AvgIpc) is 3.07. The van der Waals surface area contributed by atoms with Gasteiger partial charge in [0.1, 0.15) is 12.1 Å². The number of benzene rings is 1. The lowest BCUT2D eigenvalue weighted by molar-refractivity contribution is -0.137. The van der Waals surface area contributed by atoms with E-state index in [1.165, 1.54) is 19.1 Å². The van der Waals surface area contributed by atoms with E-state index >= 15 is 0 Å². The van der Waals surface area contributed by atoms with Crippen molar-refractivity contribution in [2.24, 2.45) is 0 Å². The van der Waals surface area contributed by atoms with Crippen LogP contribution in [0.4, 0.5) is 23.2 Å². The Bertz CT molecular complexity index is 1150. The van der Waals surface area contributed by atoms with Crippen molar-refractivity contribution in [1.29, 1.82) is 0 Å². The fourth-order valence-electron chi connectivity index (χ4n) is 2.32. The minimum absolute atomic E-state index is 0.0955. The van der Waals surface area contributed by atoms with Crippen molar-refractivity contribution in [1.82, 2.24) is 14.5 Å². The van der Waals surface area contributed by atoms with Gasteiger partial charge in [0.15, 0.2) is 10.8 Å². The first kappa shape index (κ1) is 20.1. The molecule has 0 saturated heterocycles. The normalized spacial score (nSPS) is 12.2. The number of imidazole rings is 1. The number of alkyl halides is 3. The molecule has 0 saturated carbocycles.